The second kappa shape index (κ2) is 7.68. The summed E-state index contributed by atoms with van der Waals surface area (Å²) < 4.78 is 33.6. The van der Waals surface area contributed by atoms with Gasteiger partial charge in [-0.15, -0.1) is 0 Å². The lowest BCUT2D eigenvalue weighted by Crippen LogP contribution is -2.28. The highest BCUT2D eigenvalue weighted by Crippen LogP contribution is 2.47. The van der Waals surface area contributed by atoms with Gasteiger partial charge < -0.3 is 16.2 Å². The quantitative estimate of drug-likeness (QED) is 0.731. The Balaban J connectivity index is 1.87. The van der Waals surface area contributed by atoms with Gasteiger partial charge in [0.05, 0.1) is 0 Å². The fraction of sp³-hybridized carbons (Fsp3) is 0.167. The van der Waals surface area contributed by atoms with Crippen molar-refractivity contribution < 1.29 is 13.5 Å². The van der Waals surface area contributed by atoms with Crippen LogP contribution in [0.5, 0.6) is 0 Å². The maximum atomic E-state index is 14.0. The monoisotopic (exact) mass is 392 g/mol. The number of ether oxygens (including phenoxy) is 1. The zero-order valence-electron chi connectivity index (χ0n) is 15.9. The molecule has 2 aliphatic rings. The molecule has 0 aromatic heterocycles. The summed E-state index contributed by atoms with van der Waals surface area (Å²) in [4.78, 5) is 0. The Morgan fingerprint density at radius 2 is 1.79 bits per heavy atom. The second-order valence-corrected chi connectivity index (χ2v) is 7.37. The van der Waals surface area contributed by atoms with Crippen LogP contribution in [-0.4, -0.2) is 6.54 Å². The summed E-state index contributed by atoms with van der Waals surface area (Å²) in [6.45, 7) is 4.37. The van der Waals surface area contributed by atoms with Crippen molar-refractivity contribution >= 4 is 6.08 Å². The zero-order chi connectivity index (χ0) is 20.5. The highest BCUT2D eigenvalue weighted by atomic mass is 19.1. The fourth-order valence-corrected chi connectivity index (χ4v) is 4.08. The Morgan fingerprint density at radius 3 is 2.48 bits per heavy atom. The van der Waals surface area contributed by atoms with Crippen molar-refractivity contribution in [1.29, 1.82) is 0 Å². The average Bonchev–Trinajstić information content (AvgIpc) is 2.67. The topological polar surface area (TPSA) is 61.3 Å². The molecule has 0 saturated heterocycles. The minimum Gasteiger partial charge on any atom is -0.441 e. The number of benzene rings is 2. The Hall–Kier alpha value is -3.18. The van der Waals surface area contributed by atoms with E-state index in [9.17, 15) is 8.78 Å². The molecule has 0 saturated carbocycles. The number of allylic oxidation sites excluding steroid dienone is 3. The molecule has 0 radical (unpaired) electrons. The van der Waals surface area contributed by atoms with Crippen LogP contribution < -0.4 is 11.5 Å². The summed E-state index contributed by atoms with van der Waals surface area (Å²) >= 11 is 0. The molecule has 1 heterocycles. The number of nitrogens with two attached hydrogens (primary N) is 2. The first-order valence-electron chi connectivity index (χ1n) is 9.44. The molecule has 1 unspecified atom stereocenters. The molecule has 2 aromatic carbocycles. The van der Waals surface area contributed by atoms with Crippen molar-refractivity contribution in [3.05, 3.63) is 112 Å². The van der Waals surface area contributed by atoms with Gasteiger partial charge in [0, 0.05) is 18.0 Å². The molecule has 5 heteroatoms. The van der Waals surface area contributed by atoms with Gasteiger partial charge in [0.2, 0.25) is 0 Å². The molecule has 4 N–H and O–H groups in total. The van der Waals surface area contributed by atoms with E-state index in [1.807, 2.05) is 18.2 Å². The van der Waals surface area contributed by atoms with Gasteiger partial charge in [-0.25, -0.2) is 8.78 Å². The molecule has 1 aliphatic heterocycles. The lowest BCUT2D eigenvalue weighted by Gasteiger charge is -2.35. The Bertz CT molecular complexity index is 1080. The average molecular weight is 392 g/mol. The minimum atomic E-state index is -0.323. The van der Waals surface area contributed by atoms with E-state index >= 15 is 0 Å². The maximum Gasteiger partial charge on any atom is 0.192 e. The number of hydrogen-bond donors (Lipinski definition) is 2. The van der Waals surface area contributed by atoms with Crippen LogP contribution in [0, 0.1) is 11.6 Å². The molecule has 1 aliphatic carbocycles. The molecule has 1 atom stereocenters. The Labute approximate surface area is 168 Å². The van der Waals surface area contributed by atoms with Crippen molar-refractivity contribution in [2.75, 3.05) is 6.54 Å². The van der Waals surface area contributed by atoms with Gasteiger partial charge in [0.15, 0.2) is 5.88 Å². The minimum absolute atomic E-state index is 0.194. The molecule has 2 aromatic rings. The summed E-state index contributed by atoms with van der Waals surface area (Å²) in [6.07, 6.45) is 3.08. The predicted octanol–water partition coefficient (Wildman–Crippen LogP) is 4.90. The standard InChI is InChI=1S/C24H22F2N2O/c1-14-8-17(10-15-4-2-6-18(25)11-15)23-20(9-14)22(21(13-27)24(28)29-23)16-5-3-7-19(26)12-16/h2-7,10-12,22H,1,8-9,13,27-28H2/b17-10+. The summed E-state index contributed by atoms with van der Waals surface area (Å²) in [6, 6.07) is 12.8. The first kappa shape index (κ1) is 19.2. The Kier molecular flexibility index (Phi) is 5.07. The first-order chi connectivity index (χ1) is 14.0. The van der Waals surface area contributed by atoms with Crippen LogP contribution in [0.25, 0.3) is 6.08 Å². The molecule has 0 spiro atoms. The normalized spacial score (nSPS) is 20.7. The second-order valence-electron chi connectivity index (χ2n) is 7.37. The van der Waals surface area contributed by atoms with Crippen molar-refractivity contribution in [3.8, 4) is 0 Å². The summed E-state index contributed by atoms with van der Waals surface area (Å²) in [7, 11) is 0. The fourth-order valence-electron chi connectivity index (χ4n) is 4.08. The molecule has 0 bridgehead atoms. The third-order valence-electron chi connectivity index (χ3n) is 5.28. The van der Waals surface area contributed by atoms with Gasteiger partial charge in [0.1, 0.15) is 17.4 Å². The van der Waals surface area contributed by atoms with Crippen molar-refractivity contribution in [1.82, 2.24) is 0 Å². The van der Waals surface area contributed by atoms with Crippen LogP contribution in [0.4, 0.5) is 8.78 Å². The van der Waals surface area contributed by atoms with Gasteiger partial charge in [0.25, 0.3) is 0 Å². The summed E-state index contributed by atoms with van der Waals surface area (Å²) in [5, 5.41) is 0. The van der Waals surface area contributed by atoms with Crippen LogP contribution in [-0.2, 0) is 4.74 Å². The van der Waals surface area contributed by atoms with E-state index in [0.29, 0.717) is 24.2 Å². The van der Waals surface area contributed by atoms with E-state index in [1.165, 1.54) is 24.3 Å². The summed E-state index contributed by atoms with van der Waals surface area (Å²) in [5.41, 5.74) is 17.2. The molecule has 29 heavy (non-hydrogen) atoms. The van der Waals surface area contributed by atoms with E-state index in [4.69, 9.17) is 16.2 Å². The zero-order valence-corrected chi connectivity index (χ0v) is 15.9. The van der Waals surface area contributed by atoms with Crippen molar-refractivity contribution in [2.24, 2.45) is 11.5 Å². The molecular formula is C24H22F2N2O. The van der Waals surface area contributed by atoms with E-state index in [-0.39, 0.29) is 30.0 Å². The van der Waals surface area contributed by atoms with E-state index in [1.54, 1.807) is 12.1 Å². The molecule has 3 nitrogen and oxygen atoms in total. The van der Waals surface area contributed by atoms with Crippen LogP contribution in [0.3, 0.4) is 0 Å². The van der Waals surface area contributed by atoms with E-state index in [0.717, 1.165) is 27.8 Å². The SMILES string of the molecule is C=C1CC2=C(OC(N)=C(CN)C2c2cccc(F)c2)/C(=C/c2cccc(F)c2)C1. The van der Waals surface area contributed by atoms with E-state index < -0.39 is 0 Å². The van der Waals surface area contributed by atoms with E-state index in [2.05, 4.69) is 6.58 Å². The van der Waals surface area contributed by atoms with Gasteiger partial charge in [-0.05, 0) is 65.5 Å². The van der Waals surface area contributed by atoms with Crippen LogP contribution >= 0.6 is 0 Å². The molecule has 148 valence electrons. The lowest BCUT2D eigenvalue weighted by atomic mass is 9.75. The smallest absolute Gasteiger partial charge is 0.192 e. The van der Waals surface area contributed by atoms with Gasteiger partial charge >= 0.3 is 0 Å². The molecular weight excluding hydrogens is 370 g/mol. The summed E-state index contributed by atoms with van der Waals surface area (Å²) in [5.74, 6) is -0.0392. The van der Waals surface area contributed by atoms with Crippen molar-refractivity contribution in [3.63, 3.8) is 0 Å². The third kappa shape index (κ3) is 3.74. The maximum absolute atomic E-state index is 14.0. The highest BCUT2D eigenvalue weighted by molar-refractivity contribution is 5.63. The molecule has 4 rings (SSSR count). The highest BCUT2D eigenvalue weighted by Gasteiger charge is 2.35. The lowest BCUT2D eigenvalue weighted by molar-refractivity contribution is 0.278. The molecule has 0 amide bonds. The number of hydrogen-bond acceptors (Lipinski definition) is 3. The molecule has 0 fully saturated rings. The predicted molar refractivity (Wildman–Crippen MR) is 110 cm³/mol. The first-order valence-corrected chi connectivity index (χ1v) is 9.44. The van der Waals surface area contributed by atoms with Gasteiger partial charge in [-0.3, -0.25) is 0 Å². The number of rotatable bonds is 3. The Morgan fingerprint density at radius 1 is 1.07 bits per heavy atom. The number of halogens is 2. The van der Waals surface area contributed by atoms with Crippen LogP contribution in [0.1, 0.15) is 29.9 Å². The van der Waals surface area contributed by atoms with Gasteiger partial charge in [-0.2, -0.15) is 0 Å². The van der Waals surface area contributed by atoms with Gasteiger partial charge in [-0.1, -0.05) is 36.4 Å². The van der Waals surface area contributed by atoms with Crippen molar-refractivity contribution in [2.45, 2.75) is 18.8 Å². The van der Waals surface area contributed by atoms with Crippen LogP contribution in [0.15, 0.2) is 89.0 Å². The largest absolute Gasteiger partial charge is 0.441 e. The third-order valence-corrected chi connectivity index (χ3v) is 5.28. The van der Waals surface area contributed by atoms with Crippen LogP contribution in [0.2, 0.25) is 0 Å².